The first-order valence-corrected chi connectivity index (χ1v) is 29.3. The van der Waals surface area contributed by atoms with Gasteiger partial charge in [-0.2, -0.15) is 0 Å². The third-order valence-electron chi connectivity index (χ3n) is 16.8. The lowest BCUT2D eigenvalue weighted by atomic mass is 9.88. The fourth-order valence-corrected chi connectivity index (χ4v) is 12.7. The van der Waals surface area contributed by atoms with E-state index >= 15 is 0 Å². The SMILES string of the molecule is Cc1nc2oc3c(-c4nc5ccccc5n4-c4c(C(C)C)cc(-c5ccccc5)cc4C(C)C)cc(Oc4cccc(-c5nc6ccccc6n5-c5c(C(C)C)cc(-c6ccccc6)cc5C(C)C)c4)cc3c2c2ccc3ccccc3c12. The van der Waals surface area contributed by atoms with Gasteiger partial charge in [0.2, 0.25) is 5.71 Å². The second-order valence-corrected chi connectivity index (χ2v) is 23.5. The summed E-state index contributed by atoms with van der Waals surface area (Å²) in [7, 11) is 0. The van der Waals surface area contributed by atoms with Gasteiger partial charge in [-0.25, -0.2) is 15.0 Å². The minimum Gasteiger partial charge on any atom is -0.457 e. The minimum absolute atomic E-state index is 0.178. The van der Waals surface area contributed by atoms with Gasteiger partial charge in [0.1, 0.15) is 28.7 Å². The highest BCUT2D eigenvalue weighted by atomic mass is 16.5. The van der Waals surface area contributed by atoms with Gasteiger partial charge in [-0.05, 0) is 164 Å². The monoisotopic (exact) mass is 1080 g/mol. The quantitative estimate of drug-likeness (QED) is 0.114. The Balaban J connectivity index is 1.01. The molecule has 14 rings (SSSR count). The summed E-state index contributed by atoms with van der Waals surface area (Å²) < 4.78 is 19.3. The zero-order valence-corrected chi connectivity index (χ0v) is 48.5. The van der Waals surface area contributed by atoms with Crippen LogP contribution in [-0.4, -0.2) is 24.1 Å². The van der Waals surface area contributed by atoms with Gasteiger partial charge in [-0.3, -0.25) is 9.13 Å². The van der Waals surface area contributed by atoms with Crippen molar-refractivity contribution >= 4 is 65.7 Å². The second kappa shape index (κ2) is 20.4. The molecule has 0 unspecified atom stereocenters. The van der Waals surface area contributed by atoms with Crippen LogP contribution >= 0.6 is 0 Å². The first kappa shape index (κ1) is 51.5. The molecule has 7 nitrogen and oxygen atoms in total. The lowest BCUT2D eigenvalue weighted by Gasteiger charge is -2.24. The van der Waals surface area contributed by atoms with Crippen molar-refractivity contribution in [1.29, 1.82) is 0 Å². The largest absolute Gasteiger partial charge is 0.457 e. The molecule has 4 aromatic heterocycles. The summed E-state index contributed by atoms with van der Waals surface area (Å²) in [6, 6.07) is 73.6. The highest BCUT2D eigenvalue weighted by Gasteiger charge is 2.29. The molecule has 0 spiro atoms. The van der Waals surface area contributed by atoms with Crippen LogP contribution in [0.2, 0.25) is 0 Å². The first-order valence-electron chi connectivity index (χ1n) is 29.3. The van der Waals surface area contributed by atoms with Crippen molar-refractivity contribution in [1.82, 2.24) is 24.1 Å². The predicted octanol–water partition coefficient (Wildman–Crippen LogP) is 21.2. The maximum atomic E-state index is 7.32. The number of aromatic nitrogens is 5. The third-order valence-corrected chi connectivity index (χ3v) is 16.8. The molecule has 83 heavy (non-hydrogen) atoms. The Kier molecular flexibility index (Phi) is 12.7. The zero-order valence-electron chi connectivity index (χ0n) is 48.5. The lowest BCUT2D eigenvalue weighted by molar-refractivity contribution is 0.483. The van der Waals surface area contributed by atoms with Gasteiger partial charge in [0.05, 0.1) is 44.4 Å². The number of imidazole rings is 2. The van der Waals surface area contributed by atoms with Crippen LogP contribution in [0, 0.1) is 6.92 Å². The Morgan fingerprint density at radius 1 is 0.386 bits per heavy atom. The summed E-state index contributed by atoms with van der Waals surface area (Å²) in [6.07, 6.45) is 0. The molecule has 0 amide bonds. The van der Waals surface area contributed by atoms with Crippen LogP contribution in [-0.2, 0) is 0 Å². The number of nitrogens with zero attached hydrogens (tertiary/aromatic N) is 5. The number of ether oxygens (including phenoxy) is 1. The average Bonchev–Trinajstić information content (AvgIpc) is 2.02. The molecule has 0 radical (unpaired) electrons. The van der Waals surface area contributed by atoms with Gasteiger partial charge in [0.15, 0.2) is 0 Å². The van der Waals surface area contributed by atoms with Crippen molar-refractivity contribution in [3.8, 4) is 67.9 Å². The molecule has 14 aromatic rings. The third kappa shape index (κ3) is 8.76. The Morgan fingerprint density at radius 2 is 0.892 bits per heavy atom. The lowest BCUT2D eigenvalue weighted by Crippen LogP contribution is -2.09. The minimum atomic E-state index is 0.178. The van der Waals surface area contributed by atoms with Crippen LogP contribution < -0.4 is 4.74 Å². The fourth-order valence-electron chi connectivity index (χ4n) is 12.7. The van der Waals surface area contributed by atoms with Crippen LogP contribution in [0.3, 0.4) is 0 Å². The van der Waals surface area contributed by atoms with Crippen LogP contribution in [0.5, 0.6) is 11.5 Å². The number of pyridine rings is 1. The second-order valence-electron chi connectivity index (χ2n) is 23.5. The number of hydrogen-bond donors (Lipinski definition) is 0. The standard InChI is InChI=1S/C76H65N5O2/c1-44(2)59-38-53(49-23-12-10-13-24-49)39-60(45(3)4)71(59)80-67-33-20-18-31-65(67)78-74(80)52-28-22-29-55(37-52)82-56-42-63-70-58-36-35-51-27-16-17-30-57(51)69(58)48(9)77-76(70)83-73(63)64(43-56)75-79-66-32-19-21-34-68(66)81(75)72-61(46(5)6)40-54(41-62(72)47(7)8)50-25-14-11-15-26-50/h10-47H,1-9H3. The zero-order chi connectivity index (χ0) is 56.8. The van der Waals surface area contributed by atoms with Crippen molar-refractivity contribution in [3.05, 3.63) is 234 Å². The molecule has 0 aliphatic rings. The molecule has 406 valence electrons. The molecule has 0 bridgehead atoms. The Labute approximate surface area is 484 Å². The highest BCUT2D eigenvalue weighted by Crippen LogP contribution is 2.48. The van der Waals surface area contributed by atoms with E-state index < -0.39 is 0 Å². The molecule has 4 heterocycles. The molecule has 0 fully saturated rings. The van der Waals surface area contributed by atoms with Gasteiger partial charge in [0.25, 0.3) is 0 Å². The summed E-state index contributed by atoms with van der Waals surface area (Å²) in [5.41, 5.74) is 19.9. The molecule has 0 saturated heterocycles. The number of para-hydroxylation sites is 4. The molecular formula is C76H65N5O2. The molecular weight excluding hydrogens is 1010 g/mol. The fraction of sp³-hybridized carbons (Fsp3) is 0.171. The average molecular weight is 1080 g/mol. The van der Waals surface area contributed by atoms with E-state index in [2.05, 4.69) is 272 Å². The number of rotatable bonds is 12. The summed E-state index contributed by atoms with van der Waals surface area (Å²) in [5, 5.41) is 6.31. The molecule has 0 aliphatic heterocycles. The van der Waals surface area contributed by atoms with Crippen LogP contribution in [0.1, 0.15) is 107 Å². The van der Waals surface area contributed by atoms with E-state index in [-0.39, 0.29) is 23.7 Å². The molecule has 0 aliphatic carbocycles. The molecule has 0 saturated carbocycles. The van der Waals surface area contributed by atoms with Crippen molar-refractivity contribution in [2.45, 2.75) is 86.0 Å². The Hall–Kier alpha value is -9.59. The van der Waals surface area contributed by atoms with Crippen LogP contribution in [0.15, 0.2) is 211 Å². The van der Waals surface area contributed by atoms with Crippen LogP contribution in [0.25, 0.3) is 122 Å². The highest BCUT2D eigenvalue weighted by molar-refractivity contribution is 6.24. The predicted molar refractivity (Wildman–Crippen MR) is 345 cm³/mol. The number of fused-ring (bicyclic) bond motifs is 9. The summed E-state index contributed by atoms with van der Waals surface area (Å²) >= 11 is 0. The summed E-state index contributed by atoms with van der Waals surface area (Å²) in [4.78, 5) is 16.4. The van der Waals surface area contributed by atoms with Crippen LogP contribution in [0.4, 0.5) is 0 Å². The van der Waals surface area contributed by atoms with E-state index in [0.717, 1.165) is 88.5 Å². The smallest absolute Gasteiger partial charge is 0.228 e. The van der Waals surface area contributed by atoms with Gasteiger partial charge in [-0.1, -0.05) is 189 Å². The Morgan fingerprint density at radius 3 is 1.47 bits per heavy atom. The topological polar surface area (TPSA) is 70.9 Å². The molecule has 0 atom stereocenters. The van der Waals surface area contributed by atoms with E-state index in [4.69, 9.17) is 24.1 Å². The molecule has 0 N–H and O–H groups in total. The number of aryl methyl sites for hydroxylation is 1. The van der Waals surface area contributed by atoms with Gasteiger partial charge >= 0.3 is 0 Å². The van der Waals surface area contributed by atoms with Crippen molar-refractivity contribution in [3.63, 3.8) is 0 Å². The van der Waals surface area contributed by atoms with Gasteiger partial charge in [-0.15, -0.1) is 0 Å². The number of furan rings is 1. The van der Waals surface area contributed by atoms with E-state index in [0.29, 0.717) is 22.8 Å². The first-order chi connectivity index (χ1) is 40.4. The molecule has 10 aromatic carbocycles. The summed E-state index contributed by atoms with van der Waals surface area (Å²) in [5.74, 6) is 3.72. The van der Waals surface area contributed by atoms with Crippen molar-refractivity contribution < 1.29 is 9.15 Å². The van der Waals surface area contributed by atoms with Gasteiger partial charge in [0, 0.05) is 22.0 Å². The van der Waals surface area contributed by atoms with E-state index in [1.165, 1.54) is 50.2 Å². The number of hydrogen-bond acceptors (Lipinski definition) is 5. The van der Waals surface area contributed by atoms with Crippen molar-refractivity contribution in [2.75, 3.05) is 0 Å². The van der Waals surface area contributed by atoms with E-state index in [1.807, 2.05) is 6.07 Å². The maximum absolute atomic E-state index is 7.32. The Bertz CT molecular complexity index is 4790. The van der Waals surface area contributed by atoms with Crippen molar-refractivity contribution in [2.24, 2.45) is 0 Å². The summed E-state index contributed by atoms with van der Waals surface area (Å²) in [6.45, 7) is 20.4. The normalized spacial score (nSPS) is 12.1. The van der Waals surface area contributed by atoms with E-state index in [9.17, 15) is 0 Å². The maximum Gasteiger partial charge on any atom is 0.228 e. The number of benzene rings is 10. The molecule has 7 heteroatoms. The van der Waals surface area contributed by atoms with Gasteiger partial charge < -0.3 is 9.15 Å². The van der Waals surface area contributed by atoms with E-state index in [1.54, 1.807) is 0 Å².